The van der Waals surface area contributed by atoms with E-state index in [-0.39, 0.29) is 5.91 Å². The van der Waals surface area contributed by atoms with Crippen LogP contribution in [0.3, 0.4) is 0 Å². The summed E-state index contributed by atoms with van der Waals surface area (Å²) < 4.78 is 0. The first-order valence-corrected chi connectivity index (χ1v) is 9.15. The summed E-state index contributed by atoms with van der Waals surface area (Å²) in [5.41, 5.74) is 3.86. The van der Waals surface area contributed by atoms with Gasteiger partial charge in [0.05, 0.1) is 11.2 Å². The van der Waals surface area contributed by atoms with Crippen LogP contribution in [0.2, 0.25) is 5.02 Å². The maximum absolute atomic E-state index is 12.6. The summed E-state index contributed by atoms with van der Waals surface area (Å²) in [6.45, 7) is 1.23. The smallest absolute Gasteiger partial charge is 0.269 e. The number of para-hydroxylation sites is 1. The number of rotatable bonds is 5. The number of halogens is 1. The molecule has 2 heterocycles. The Labute approximate surface area is 161 Å². The van der Waals surface area contributed by atoms with Gasteiger partial charge >= 0.3 is 0 Å². The fraction of sp³-hybridized carbons (Fsp3) is 0.143. The number of likely N-dealkylation sites (N-methyl/N-ethyl adjacent to an activating group) is 1. The molecule has 1 amide bonds. The van der Waals surface area contributed by atoms with E-state index in [0.717, 1.165) is 27.4 Å². The minimum absolute atomic E-state index is 0.194. The summed E-state index contributed by atoms with van der Waals surface area (Å²) in [6.07, 6.45) is 0. The molecule has 0 bridgehead atoms. The Morgan fingerprint density at radius 2 is 1.93 bits per heavy atom. The predicted molar refractivity (Wildman–Crippen MR) is 110 cm³/mol. The molecule has 27 heavy (non-hydrogen) atoms. The SMILES string of the molecule is CNCCNC(=O)c1cc2c([nH]c3ccccc32)c(-c2cccc(Cl)c2)n1. The lowest BCUT2D eigenvalue weighted by Crippen LogP contribution is -2.31. The first-order valence-electron chi connectivity index (χ1n) is 8.77. The number of hydrogen-bond acceptors (Lipinski definition) is 3. The zero-order chi connectivity index (χ0) is 18.8. The largest absolute Gasteiger partial charge is 0.353 e. The Bertz CT molecular complexity index is 1140. The van der Waals surface area contributed by atoms with Gasteiger partial charge in [0.15, 0.2) is 0 Å². The minimum atomic E-state index is -0.194. The fourth-order valence-corrected chi connectivity index (χ4v) is 3.39. The molecule has 4 rings (SSSR count). The zero-order valence-corrected chi connectivity index (χ0v) is 15.6. The van der Waals surface area contributed by atoms with Crippen molar-refractivity contribution >= 4 is 39.3 Å². The highest BCUT2D eigenvalue weighted by molar-refractivity contribution is 6.31. The second-order valence-corrected chi connectivity index (χ2v) is 6.76. The van der Waals surface area contributed by atoms with E-state index < -0.39 is 0 Å². The minimum Gasteiger partial charge on any atom is -0.353 e. The van der Waals surface area contributed by atoms with Crippen molar-refractivity contribution in [1.29, 1.82) is 0 Å². The van der Waals surface area contributed by atoms with Gasteiger partial charge in [-0.25, -0.2) is 4.98 Å². The van der Waals surface area contributed by atoms with Crippen LogP contribution in [0.1, 0.15) is 10.5 Å². The molecule has 5 nitrogen and oxygen atoms in total. The lowest BCUT2D eigenvalue weighted by Gasteiger charge is -2.09. The Hall–Kier alpha value is -2.89. The number of fused-ring (bicyclic) bond motifs is 3. The van der Waals surface area contributed by atoms with Crippen LogP contribution in [0.4, 0.5) is 0 Å². The van der Waals surface area contributed by atoms with Crippen molar-refractivity contribution < 1.29 is 4.79 Å². The van der Waals surface area contributed by atoms with Crippen LogP contribution in [-0.2, 0) is 0 Å². The quantitative estimate of drug-likeness (QED) is 0.460. The lowest BCUT2D eigenvalue weighted by atomic mass is 10.1. The van der Waals surface area contributed by atoms with Gasteiger partial charge in [-0.1, -0.05) is 41.9 Å². The topological polar surface area (TPSA) is 69.8 Å². The third-order valence-electron chi connectivity index (χ3n) is 4.49. The highest BCUT2D eigenvalue weighted by atomic mass is 35.5. The van der Waals surface area contributed by atoms with E-state index in [2.05, 4.69) is 20.6 Å². The summed E-state index contributed by atoms with van der Waals surface area (Å²) in [7, 11) is 1.85. The van der Waals surface area contributed by atoms with Gasteiger partial charge in [0.2, 0.25) is 0 Å². The molecule has 0 atom stereocenters. The molecule has 2 aromatic carbocycles. The fourth-order valence-electron chi connectivity index (χ4n) is 3.20. The monoisotopic (exact) mass is 378 g/mol. The average molecular weight is 379 g/mol. The first-order chi connectivity index (χ1) is 13.2. The average Bonchev–Trinajstić information content (AvgIpc) is 3.06. The van der Waals surface area contributed by atoms with Gasteiger partial charge in [-0.15, -0.1) is 0 Å². The number of nitrogens with zero attached hydrogens (tertiary/aromatic N) is 1. The van der Waals surface area contributed by atoms with Crippen molar-refractivity contribution in [3.8, 4) is 11.3 Å². The second-order valence-electron chi connectivity index (χ2n) is 6.32. The van der Waals surface area contributed by atoms with Crippen molar-refractivity contribution in [3.05, 3.63) is 65.3 Å². The summed E-state index contributed by atoms with van der Waals surface area (Å²) in [5.74, 6) is -0.194. The normalized spacial score (nSPS) is 11.2. The maximum atomic E-state index is 12.6. The molecule has 0 unspecified atom stereocenters. The number of aromatic amines is 1. The molecular formula is C21H19ClN4O. The molecule has 0 fully saturated rings. The number of aromatic nitrogens is 2. The molecule has 136 valence electrons. The standard InChI is InChI=1S/C21H19ClN4O/c1-23-9-10-24-21(27)18-12-16-15-7-2-3-8-17(15)25-20(16)19(26-18)13-5-4-6-14(22)11-13/h2-8,11-12,23,25H,9-10H2,1H3,(H,24,27). The van der Waals surface area contributed by atoms with Gasteiger partial charge in [-0.05, 0) is 31.3 Å². The van der Waals surface area contributed by atoms with Gasteiger partial charge in [0.25, 0.3) is 5.91 Å². The molecule has 0 spiro atoms. The lowest BCUT2D eigenvalue weighted by molar-refractivity contribution is 0.0949. The molecule has 6 heteroatoms. The van der Waals surface area contributed by atoms with Crippen molar-refractivity contribution in [1.82, 2.24) is 20.6 Å². The second kappa shape index (κ2) is 7.39. The Balaban J connectivity index is 1.92. The Morgan fingerprint density at radius 3 is 2.74 bits per heavy atom. The number of carbonyl (C=O) groups excluding carboxylic acids is 1. The van der Waals surface area contributed by atoms with Gasteiger partial charge < -0.3 is 15.6 Å². The van der Waals surface area contributed by atoms with Gasteiger partial charge in [-0.3, -0.25) is 4.79 Å². The van der Waals surface area contributed by atoms with E-state index in [1.54, 1.807) is 0 Å². The Morgan fingerprint density at radius 1 is 1.07 bits per heavy atom. The Kier molecular flexibility index (Phi) is 4.79. The molecule has 0 aliphatic heterocycles. The number of pyridine rings is 1. The molecule has 0 aliphatic rings. The van der Waals surface area contributed by atoms with E-state index >= 15 is 0 Å². The molecular weight excluding hydrogens is 360 g/mol. The van der Waals surface area contributed by atoms with E-state index in [9.17, 15) is 4.79 Å². The van der Waals surface area contributed by atoms with E-state index in [1.165, 1.54) is 0 Å². The van der Waals surface area contributed by atoms with Crippen LogP contribution in [0.15, 0.2) is 54.6 Å². The summed E-state index contributed by atoms with van der Waals surface area (Å²) in [5, 5.41) is 8.56. The third kappa shape index (κ3) is 3.39. The van der Waals surface area contributed by atoms with Crippen LogP contribution >= 0.6 is 11.6 Å². The molecule has 4 aromatic rings. The van der Waals surface area contributed by atoms with Crippen LogP contribution in [0, 0.1) is 0 Å². The first kappa shape index (κ1) is 17.5. The number of benzene rings is 2. The van der Waals surface area contributed by atoms with Crippen molar-refractivity contribution in [3.63, 3.8) is 0 Å². The highest BCUT2D eigenvalue weighted by Gasteiger charge is 2.17. The molecule has 0 radical (unpaired) electrons. The van der Waals surface area contributed by atoms with E-state index in [4.69, 9.17) is 11.6 Å². The van der Waals surface area contributed by atoms with Crippen LogP contribution in [-0.4, -0.2) is 36.0 Å². The molecule has 0 aliphatic carbocycles. The van der Waals surface area contributed by atoms with E-state index in [0.29, 0.717) is 29.5 Å². The number of nitrogens with one attached hydrogen (secondary N) is 3. The van der Waals surface area contributed by atoms with Gasteiger partial charge in [0.1, 0.15) is 5.69 Å². The summed E-state index contributed by atoms with van der Waals surface area (Å²) >= 11 is 6.19. The van der Waals surface area contributed by atoms with Crippen molar-refractivity contribution in [2.75, 3.05) is 20.1 Å². The predicted octanol–water partition coefficient (Wildman–Crippen LogP) is 3.99. The maximum Gasteiger partial charge on any atom is 0.269 e. The summed E-state index contributed by atoms with van der Waals surface area (Å²) in [4.78, 5) is 20.7. The third-order valence-corrected chi connectivity index (χ3v) is 4.72. The van der Waals surface area contributed by atoms with E-state index in [1.807, 2.05) is 61.6 Å². The van der Waals surface area contributed by atoms with Crippen LogP contribution in [0.25, 0.3) is 33.1 Å². The summed E-state index contributed by atoms with van der Waals surface area (Å²) in [6, 6.07) is 17.4. The van der Waals surface area contributed by atoms with Crippen LogP contribution < -0.4 is 10.6 Å². The van der Waals surface area contributed by atoms with Crippen molar-refractivity contribution in [2.45, 2.75) is 0 Å². The number of carbonyl (C=O) groups is 1. The van der Waals surface area contributed by atoms with Gasteiger partial charge in [0, 0.05) is 40.0 Å². The highest BCUT2D eigenvalue weighted by Crippen LogP contribution is 2.33. The number of H-pyrrole nitrogens is 1. The molecule has 2 aromatic heterocycles. The zero-order valence-electron chi connectivity index (χ0n) is 14.8. The molecule has 0 saturated heterocycles. The number of amides is 1. The van der Waals surface area contributed by atoms with Crippen molar-refractivity contribution in [2.24, 2.45) is 0 Å². The van der Waals surface area contributed by atoms with Crippen LogP contribution in [0.5, 0.6) is 0 Å². The molecule has 0 saturated carbocycles. The molecule has 3 N–H and O–H groups in total. The van der Waals surface area contributed by atoms with Gasteiger partial charge in [-0.2, -0.15) is 0 Å². The number of hydrogen-bond donors (Lipinski definition) is 3.